The summed E-state index contributed by atoms with van der Waals surface area (Å²) < 4.78 is 34.1. The molecule has 2 heterocycles. The minimum Gasteiger partial charge on any atom is -0.390 e. The van der Waals surface area contributed by atoms with E-state index in [0.29, 0.717) is 23.4 Å². The van der Waals surface area contributed by atoms with Crippen molar-refractivity contribution in [2.45, 2.75) is 43.4 Å². The third-order valence-electron chi connectivity index (χ3n) is 4.70. The highest BCUT2D eigenvalue weighted by Gasteiger charge is 2.28. The van der Waals surface area contributed by atoms with Gasteiger partial charge in [0.1, 0.15) is 5.82 Å². The lowest BCUT2D eigenvalue weighted by molar-refractivity contribution is 0.0617. The number of pyridine rings is 1. The van der Waals surface area contributed by atoms with Crippen LogP contribution in [0.15, 0.2) is 58.1 Å². The largest absolute Gasteiger partial charge is 0.390 e. The molecule has 0 saturated heterocycles. The van der Waals surface area contributed by atoms with E-state index < -0.39 is 21.7 Å². The van der Waals surface area contributed by atoms with Crippen molar-refractivity contribution in [1.29, 1.82) is 0 Å². The van der Waals surface area contributed by atoms with E-state index in [-0.39, 0.29) is 17.1 Å². The molecular weight excluding hydrogens is 430 g/mol. The Morgan fingerprint density at radius 2 is 1.91 bits per heavy atom. The van der Waals surface area contributed by atoms with Gasteiger partial charge in [-0.2, -0.15) is 0 Å². The van der Waals surface area contributed by atoms with Gasteiger partial charge in [0.2, 0.25) is 10.0 Å². The van der Waals surface area contributed by atoms with Crippen LogP contribution in [0.3, 0.4) is 0 Å². The number of aromatic nitrogens is 2. The molecule has 4 N–H and O–H groups in total. The van der Waals surface area contributed by atoms with Crippen molar-refractivity contribution < 1.29 is 18.0 Å². The molecule has 1 unspecified atom stereocenters. The van der Waals surface area contributed by atoms with Crippen LogP contribution in [0.25, 0.3) is 11.3 Å². The van der Waals surface area contributed by atoms with Crippen molar-refractivity contribution >= 4 is 15.8 Å². The lowest BCUT2D eigenvalue weighted by Crippen LogP contribution is -2.34. The maximum atomic E-state index is 13.0. The first kappa shape index (κ1) is 23.9. The van der Waals surface area contributed by atoms with E-state index in [2.05, 4.69) is 14.9 Å². The number of hydrogen-bond donors (Lipinski definition) is 3. The molecule has 0 amide bonds. The van der Waals surface area contributed by atoms with Crippen LogP contribution in [-0.4, -0.2) is 48.3 Å². The predicted molar refractivity (Wildman–Crippen MR) is 122 cm³/mol. The lowest BCUT2D eigenvalue weighted by Gasteiger charge is -2.26. The summed E-state index contributed by atoms with van der Waals surface area (Å²) in [4.78, 5) is 6.33. The quantitative estimate of drug-likeness (QED) is 0.444. The first-order chi connectivity index (χ1) is 14.9. The second kappa shape index (κ2) is 9.37. The molecular formula is C22H29N5O4S. The lowest BCUT2D eigenvalue weighted by atomic mass is 9.94. The van der Waals surface area contributed by atoms with E-state index in [1.165, 1.54) is 18.3 Å². The molecule has 0 aliphatic heterocycles. The third kappa shape index (κ3) is 6.13. The molecule has 3 rings (SSSR count). The van der Waals surface area contributed by atoms with E-state index in [1.807, 2.05) is 19.0 Å². The molecule has 0 fully saturated rings. The molecule has 0 spiro atoms. The number of rotatable bonds is 9. The number of hydrogen-bond acceptors (Lipinski definition) is 8. The summed E-state index contributed by atoms with van der Waals surface area (Å²) >= 11 is 0. The molecule has 172 valence electrons. The predicted octanol–water partition coefficient (Wildman–Crippen LogP) is 2.56. The maximum Gasteiger partial charge on any atom is 0.241 e. The number of nitrogens with two attached hydrogens (primary N) is 1. The molecule has 0 aliphatic rings. The first-order valence-electron chi connectivity index (χ1n) is 10.1. The fraction of sp³-hybridized carbons (Fsp3) is 0.364. The fourth-order valence-electron chi connectivity index (χ4n) is 3.30. The zero-order valence-corrected chi connectivity index (χ0v) is 19.4. The number of nitrogens with one attached hydrogen (secondary N) is 1. The second-order valence-electron chi connectivity index (χ2n) is 8.63. The van der Waals surface area contributed by atoms with Gasteiger partial charge in [0, 0.05) is 18.8 Å². The van der Waals surface area contributed by atoms with Gasteiger partial charge in [-0.25, -0.2) is 18.1 Å². The Morgan fingerprint density at radius 3 is 2.53 bits per heavy atom. The topological polar surface area (TPSA) is 135 Å². The fourth-order valence-corrected chi connectivity index (χ4v) is 4.54. The summed E-state index contributed by atoms with van der Waals surface area (Å²) in [7, 11) is 0.00476. The summed E-state index contributed by atoms with van der Waals surface area (Å²) in [5.41, 5.74) is 6.71. The first-order valence-corrected chi connectivity index (χ1v) is 11.6. The normalized spacial score (nSPS) is 13.4. The van der Waals surface area contributed by atoms with Crippen LogP contribution >= 0.6 is 0 Å². The van der Waals surface area contributed by atoms with Crippen LogP contribution in [-0.2, 0) is 16.6 Å². The van der Waals surface area contributed by atoms with Gasteiger partial charge in [0.25, 0.3) is 0 Å². The third-order valence-corrected chi connectivity index (χ3v) is 6.19. The van der Waals surface area contributed by atoms with E-state index in [0.717, 1.165) is 5.69 Å². The van der Waals surface area contributed by atoms with Crippen molar-refractivity contribution in [3.05, 3.63) is 59.9 Å². The Bertz CT molecular complexity index is 1150. The van der Waals surface area contributed by atoms with Gasteiger partial charge in [-0.05, 0) is 58.1 Å². The van der Waals surface area contributed by atoms with Crippen LogP contribution in [0, 0.1) is 0 Å². The van der Waals surface area contributed by atoms with E-state index in [4.69, 9.17) is 10.3 Å². The molecule has 0 aliphatic carbocycles. The molecule has 0 radical (unpaired) electrons. The Kier molecular flexibility index (Phi) is 6.99. The highest BCUT2D eigenvalue weighted by molar-refractivity contribution is 7.89. The summed E-state index contributed by atoms with van der Waals surface area (Å²) in [6, 6.07) is 10.8. The van der Waals surface area contributed by atoms with Crippen LogP contribution in [0.4, 0.5) is 5.82 Å². The molecule has 1 aromatic carbocycles. The van der Waals surface area contributed by atoms with Gasteiger partial charge in [-0.15, -0.1) is 0 Å². The van der Waals surface area contributed by atoms with Crippen molar-refractivity contribution in [2.24, 2.45) is 0 Å². The molecule has 1 atom stereocenters. The Morgan fingerprint density at radius 1 is 1.22 bits per heavy atom. The average molecular weight is 460 g/mol. The van der Waals surface area contributed by atoms with Crippen LogP contribution in [0.2, 0.25) is 0 Å². The van der Waals surface area contributed by atoms with E-state index in [1.54, 1.807) is 44.2 Å². The summed E-state index contributed by atoms with van der Waals surface area (Å²) in [5.74, 6) is 0.663. The van der Waals surface area contributed by atoms with Crippen molar-refractivity contribution in [3.63, 3.8) is 0 Å². The van der Waals surface area contributed by atoms with Crippen LogP contribution < -0.4 is 10.5 Å². The maximum absolute atomic E-state index is 13.0. The van der Waals surface area contributed by atoms with Crippen LogP contribution in [0.5, 0.6) is 0 Å². The van der Waals surface area contributed by atoms with Gasteiger partial charge in [-0.1, -0.05) is 23.4 Å². The second-order valence-corrected chi connectivity index (χ2v) is 10.3. The Labute approximate surface area is 188 Å². The zero-order valence-electron chi connectivity index (χ0n) is 18.6. The van der Waals surface area contributed by atoms with Crippen molar-refractivity contribution in [2.75, 3.05) is 19.8 Å². The number of sulfonamides is 1. The van der Waals surface area contributed by atoms with Crippen molar-refractivity contribution in [1.82, 2.24) is 19.8 Å². The van der Waals surface area contributed by atoms with Crippen molar-refractivity contribution in [3.8, 4) is 11.3 Å². The minimum absolute atomic E-state index is 0.117. The van der Waals surface area contributed by atoms with E-state index in [9.17, 15) is 13.5 Å². The van der Waals surface area contributed by atoms with Gasteiger partial charge >= 0.3 is 0 Å². The molecule has 2 aromatic heterocycles. The van der Waals surface area contributed by atoms with Gasteiger partial charge in [0.15, 0.2) is 5.76 Å². The monoisotopic (exact) mass is 459 g/mol. The molecule has 0 bridgehead atoms. The van der Waals surface area contributed by atoms with Gasteiger partial charge in [-0.3, -0.25) is 0 Å². The Hall–Kier alpha value is -2.79. The minimum atomic E-state index is -3.84. The number of benzene rings is 1. The molecule has 10 heteroatoms. The average Bonchev–Trinajstić information content (AvgIpc) is 3.15. The van der Waals surface area contributed by atoms with Crippen LogP contribution in [0.1, 0.15) is 37.6 Å². The molecule has 32 heavy (non-hydrogen) atoms. The summed E-state index contributed by atoms with van der Waals surface area (Å²) in [6.07, 6.45) is 1.62. The Balaban J connectivity index is 1.98. The number of aliphatic hydroxyl groups is 1. The highest BCUT2D eigenvalue weighted by atomic mass is 32.2. The standard InChI is InChI=1S/C22H29N5O4S/c1-22(2,28)12-19(26-32(29,30)17-8-6-5-7-9-17)15-10-18(21(23)24-13-15)20-11-16(25-31-20)14-27(3)4/h5-11,13,19,26,28H,12,14H2,1-4H3,(H2,23,24). The number of anilines is 1. The molecule has 0 saturated carbocycles. The molecule has 9 nitrogen and oxygen atoms in total. The van der Waals surface area contributed by atoms with E-state index >= 15 is 0 Å². The molecule has 3 aromatic rings. The number of nitrogens with zero attached hydrogens (tertiary/aromatic N) is 3. The SMILES string of the molecule is CN(C)Cc1cc(-c2cc(C(CC(C)(C)O)NS(=O)(=O)c3ccccc3)cnc2N)on1. The highest BCUT2D eigenvalue weighted by Crippen LogP contribution is 2.32. The summed E-state index contributed by atoms with van der Waals surface area (Å²) in [6.45, 7) is 3.83. The summed E-state index contributed by atoms with van der Waals surface area (Å²) in [5, 5.41) is 14.5. The van der Waals surface area contributed by atoms with Gasteiger partial charge < -0.3 is 20.3 Å². The smallest absolute Gasteiger partial charge is 0.241 e. The number of nitrogen functional groups attached to an aromatic ring is 1. The zero-order chi connectivity index (χ0) is 23.5. The van der Waals surface area contributed by atoms with Gasteiger partial charge in [0.05, 0.1) is 27.8 Å².